The monoisotopic (exact) mass is 292 g/mol. The maximum Gasteiger partial charge on any atom is 0.118 e. The summed E-state index contributed by atoms with van der Waals surface area (Å²) in [5, 5.41) is 19.0. The Morgan fingerprint density at radius 2 is 1.00 bits per heavy atom. The van der Waals surface area contributed by atoms with E-state index in [4.69, 9.17) is 9.47 Å². The summed E-state index contributed by atoms with van der Waals surface area (Å²) in [4.78, 5) is 0. The third-order valence-corrected chi connectivity index (χ3v) is 3.56. The molecule has 0 N–H and O–H groups in total. The predicted molar refractivity (Wildman–Crippen MR) is 82.7 cm³/mol. The van der Waals surface area contributed by atoms with Gasteiger partial charge in [0.2, 0.25) is 0 Å². The molecule has 0 fully saturated rings. The fraction of sp³-hybridized carbons (Fsp3) is 0.222. The van der Waals surface area contributed by atoms with E-state index in [2.05, 4.69) is 12.1 Å². The van der Waals surface area contributed by atoms with E-state index in [0.29, 0.717) is 0 Å². The first-order valence-corrected chi connectivity index (χ1v) is 6.80. The molecule has 0 heterocycles. The van der Waals surface area contributed by atoms with Gasteiger partial charge in [0.15, 0.2) is 0 Å². The third-order valence-electron chi connectivity index (χ3n) is 3.56. The second-order valence-electron chi connectivity index (χ2n) is 4.76. The number of hydrogen-bond acceptors (Lipinski definition) is 4. The Labute approximate surface area is 130 Å². The van der Waals surface area contributed by atoms with Crippen molar-refractivity contribution in [3.63, 3.8) is 0 Å². The summed E-state index contributed by atoms with van der Waals surface area (Å²) in [5.74, 6) is 0.366. The van der Waals surface area contributed by atoms with Crippen LogP contribution in [-0.2, 0) is 0 Å². The molecule has 0 bridgehead atoms. The second kappa shape index (κ2) is 7.15. The van der Waals surface area contributed by atoms with E-state index in [-0.39, 0.29) is 0 Å². The number of rotatable bonds is 5. The second-order valence-corrected chi connectivity index (χ2v) is 4.76. The van der Waals surface area contributed by atoms with Crippen LogP contribution in [0.5, 0.6) is 11.5 Å². The van der Waals surface area contributed by atoms with E-state index in [0.717, 1.165) is 22.6 Å². The molecular formula is C18H16N2O2. The molecule has 2 aromatic carbocycles. The smallest absolute Gasteiger partial charge is 0.118 e. The van der Waals surface area contributed by atoms with E-state index in [1.54, 1.807) is 38.5 Å². The molecule has 2 aromatic rings. The van der Waals surface area contributed by atoms with Crippen molar-refractivity contribution in [3.05, 3.63) is 59.7 Å². The number of nitriles is 2. The maximum atomic E-state index is 9.51. The molecule has 4 heteroatoms. The minimum atomic E-state index is -0.538. The zero-order valence-electron chi connectivity index (χ0n) is 12.5. The lowest BCUT2D eigenvalue weighted by molar-refractivity contribution is 0.414. The van der Waals surface area contributed by atoms with Gasteiger partial charge in [0.25, 0.3) is 0 Å². The molecule has 0 spiro atoms. The van der Waals surface area contributed by atoms with Crippen LogP contribution in [-0.4, -0.2) is 14.2 Å². The Kier molecular flexibility index (Phi) is 5.01. The Morgan fingerprint density at radius 3 is 1.23 bits per heavy atom. The molecule has 0 amide bonds. The van der Waals surface area contributed by atoms with Crippen molar-refractivity contribution in [3.8, 4) is 23.6 Å². The first-order chi connectivity index (χ1) is 10.7. The minimum Gasteiger partial charge on any atom is -0.497 e. The number of nitrogens with zero attached hydrogens (tertiary/aromatic N) is 2. The molecule has 110 valence electrons. The van der Waals surface area contributed by atoms with Gasteiger partial charge in [0.05, 0.1) is 38.2 Å². The van der Waals surface area contributed by atoms with Crippen LogP contribution in [0.1, 0.15) is 23.0 Å². The summed E-state index contributed by atoms with van der Waals surface area (Å²) in [6.45, 7) is 0. The third kappa shape index (κ3) is 3.19. The predicted octanol–water partition coefficient (Wildman–Crippen LogP) is 3.62. The van der Waals surface area contributed by atoms with Crippen LogP contribution < -0.4 is 9.47 Å². The first-order valence-electron chi connectivity index (χ1n) is 6.80. The average molecular weight is 292 g/mol. The van der Waals surface area contributed by atoms with E-state index < -0.39 is 11.8 Å². The normalized spacial score (nSPS) is 12.5. The summed E-state index contributed by atoms with van der Waals surface area (Å²) in [7, 11) is 3.18. The molecule has 0 saturated carbocycles. The van der Waals surface area contributed by atoms with Gasteiger partial charge in [0, 0.05) is 0 Å². The quantitative estimate of drug-likeness (QED) is 0.844. The SMILES string of the molecule is COc1ccc([C@H](C#N)[C@@H](C#N)c2ccc(OC)cc2)cc1. The summed E-state index contributed by atoms with van der Waals surface area (Å²) in [6, 6.07) is 18.9. The van der Waals surface area contributed by atoms with E-state index >= 15 is 0 Å². The van der Waals surface area contributed by atoms with Crippen LogP contribution in [0.4, 0.5) is 0 Å². The van der Waals surface area contributed by atoms with Crippen LogP contribution in [0.3, 0.4) is 0 Å². The maximum absolute atomic E-state index is 9.51. The lowest BCUT2D eigenvalue weighted by Gasteiger charge is -2.17. The fourth-order valence-electron chi connectivity index (χ4n) is 2.31. The van der Waals surface area contributed by atoms with Gasteiger partial charge in [-0.25, -0.2) is 0 Å². The van der Waals surface area contributed by atoms with Gasteiger partial charge in [-0.1, -0.05) is 24.3 Å². The molecule has 2 atom stereocenters. The van der Waals surface area contributed by atoms with Gasteiger partial charge in [-0.15, -0.1) is 0 Å². The van der Waals surface area contributed by atoms with Crippen molar-refractivity contribution in [1.82, 2.24) is 0 Å². The van der Waals surface area contributed by atoms with Gasteiger partial charge >= 0.3 is 0 Å². The molecule has 2 rings (SSSR count). The summed E-state index contributed by atoms with van der Waals surface area (Å²) >= 11 is 0. The van der Waals surface area contributed by atoms with E-state index in [1.165, 1.54) is 0 Å². The van der Waals surface area contributed by atoms with Gasteiger partial charge in [-0.05, 0) is 35.4 Å². The van der Waals surface area contributed by atoms with Gasteiger partial charge in [-0.2, -0.15) is 10.5 Å². The van der Waals surface area contributed by atoms with Crippen LogP contribution in [0.15, 0.2) is 48.5 Å². The van der Waals surface area contributed by atoms with Crippen molar-refractivity contribution < 1.29 is 9.47 Å². The van der Waals surface area contributed by atoms with Crippen molar-refractivity contribution >= 4 is 0 Å². The van der Waals surface area contributed by atoms with E-state index in [1.807, 2.05) is 24.3 Å². The average Bonchev–Trinajstić information content (AvgIpc) is 2.60. The van der Waals surface area contributed by atoms with Crippen LogP contribution in [0, 0.1) is 22.7 Å². The first kappa shape index (κ1) is 15.4. The highest BCUT2D eigenvalue weighted by atomic mass is 16.5. The van der Waals surface area contributed by atoms with Crippen molar-refractivity contribution in [1.29, 1.82) is 10.5 Å². The van der Waals surface area contributed by atoms with Crippen LogP contribution >= 0.6 is 0 Å². The summed E-state index contributed by atoms with van der Waals surface area (Å²) < 4.78 is 10.2. The van der Waals surface area contributed by atoms with Gasteiger partial charge in [0.1, 0.15) is 11.5 Å². The zero-order chi connectivity index (χ0) is 15.9. The molecule has 0 saturated heterocycles. The zero-order valence-corrected chi connectivity index (χ0v) is 12.5. The molecule has 22 heavy (non-hydrogen) atoms. The van der Waals surface area contributed by atoms with Gasteiger partial charge in [-0.3, -0.25) is 0 Å². The molecule has 0 aliphatic heterocycles. The highest BCUT2D eigenvalue weighted by Gasteiger charge is 2.24. The highest BCUT2D eigenvalue weighted by molar-refractivity contribution is 5.40. The number of methoxy groups -OCH3 is 2. The molecule has 4 nitrogen and oxygen atoms in total. The topological polar surface area (TPSA) is 66.0 Å². The standard InChI is InChI=1S/C18H16N2O2/c1-21-15-7-3-13(4-8-15)17(11-19)18(12-20)14-5-9-16(22-2)10-6-14/h3-10,17-18H,1-2H3/t17-,18-/m0/s1. The van der Waals surface area contributed by atoms with Crippen molar-refractivity contribution in [2.45, 2.75) is 11.8 Å². The highest BCUT2D eigenvalue weighted by Crippen LogP contribution is 2.33. The summed E-state index contributed by atoms with van der Waals surface area (Å²) in [5.41, 5.74) is 1.59. The van der Waals surface area contributed by atoms with Gasteiger partial charge < -0.3 is 9.47 Å². The Morgan fingerprint density at radius 1 is 0.682 bits per heavy atom. The largest absolute Gasteiger partial charge is 0.497 e. The Balaban J connectivity index is 2.33. The lowest BCUT2D eigenvalue weighted by atomic mass is 9.83. The number of ether oxygens (including phenoxy) is 2. The molecule has 0 aliphatic carbocycles. The minimum absolute atomic E-state index is 0.538. The molecular weight excluding hydrogens is 276 g/mol. The molecule has 0 aromatic heterocycles. The molecule has 0 aliphatic rings. The molecule has 0 radical (unpaired) electrons. The van der Waals surface area contributed by atoms with Crippen molar-refractivity contribution in [2.24, 2.45) is 0 Å². The van der Waals surface area contributed by atoms with Crippen LogP contribution in [0.2, 0.25) is 0 Å². The number of hydrogen-bond donors (Lipinski definition) is 0. The summed E-state index contributed by atoms with van der Waals surface area (Å²) in [6.07, 6.45) is 0. The molecule has 0 unspecified atom stereocenters. The lowest BCUT2D eigenvalue weighted by Crippen LogP contribution is -2.08. The Bertz CT molecular complexity index is 630. The van der Waals surface area contributed by atoms with Crippen LogP contribution in [0.25, 0.3) is 0 Å². The Hall–Kier alpha value is -2.98. The fourth-order valence-corrected chi connectivity index (χ4v) is 2.31. The van der Waals surface area contributed by atoms with E-state index in [9.17, 15) is 10.5 Å². The number of benzene rings is 2. The van der Waals surface area contributed by atoms with Crippen molar-refractivity contribution in [2.75, 3.05) is 14.2 Å².